The molecule has 132 valence electrons. The summed E-state index contributed by atoms with van der Waals surface area (Å²) >= 11 is 6.21. The molecular weight excluding hydrogens is 352 g/mol. The van der Waals surface area contributed by atoms with Gasteiger partial charge in [0.25, 0.3) is 5.91 Å². The first-order valence-electron chi connectivity index (χ1n) is 8.49. The van der Waals surface area contributed by atoms with Crippen molar-refractivity contribution in [3.05, 3.63) is 76.7 Å². The molecule has 1 aliphatic heterocycles. The first-order valence-corrected chi connectivity index (χ1v) is 8.87. The number of hydrogen-bond donors (Lipinski definition) is 0. The van der Waals surface area contributed by atoms with Crippen LogP contribution in [0.3, 0.4) is 0 Å². The number of amides is 1. The molecule has 7 heteroatoms. The Labute approximate surface area is 155 Å². The molecule has 1 aliphatic rings. The van der Waals surface area contributed by atoms with Crippen molar-refractivity contribution in [1.82, 2.24) is 20.1 Å². The van der Waals surface area contributed by atoms with Crippen molar-refractivity contribution in [3.63, 3.8) is 0 Å². The summed E-state index contributed by atoms with van der Waals surface area (Å²) < 4.78 is 5.94. The van der Waals surface area contributed by atoms with Crippen molar-refractivity contribution < 1.29 is 9.21 Å². The normalized spacial score (nSPS) is 16.8. The Bertz CT molecular complexity index is 913. The molecular formula is C19H17ClN4O2. The molecule has 2 aromatic heterocycles. The molecule has 0 unspecified atom stereocenters. The number of aromatic nitrogens is 3. The Morgan fingerprint density at radius 1 is 1.27 bits per heavy atom. The van der Waals surface area contributed by atoms with Crippen LogP contribution in [0, 0.1) is 0 Å². The Balaban J connectivity index is 1.53. The molecule has 1 fully saturated rings. The van der Waals surface area contributed by atoms with Gasteiger partial charge in [0.15, 0.2) is 5.69 Å². The van der Waals surface area contributed by atoms with Gasteiger partial charge in [-0.05, 0) is 36.6 Å². The lowest BCUT2D eigenvalue weighted by Crippen LogP contribution is -2.31. The standard InChI is InChI=1S/C19H17ClN4O2/c20-15-6-2-1-5-13(15)11-14-12-21-18(26-14)17-8-4-10-24(17)19(25)16-7-3-9-22-23-16/h1-3,5-7,9,12,17H,4,8,10-11H2/t17-/m0/s1. The van der Waals surface area contributed by atoms with Gasteiger partial charge >= 0.3 is 0 Å². The highest BCUT2D eigenvalue weighted by Crippen LogP contribution is 2.33. The minimum absolute atomic E-state index is 0.147. The van der Waals surface area contributed by atoms with Gasteiger partial charge in [0.1, 0.15) is 11.8 Å². The molecule has 0 N–H and O–H groups in total. The minimum Gasteiger partial charge on any atom is -0.443 e. The maximum atomic E-state index is 12.7. The maximum Gasteiger partial charge on any atom is 0.275 e. The lowest BCUT2D eigenvalue weighted by Gasteiger charge is -2.21. The minimum atomic E-state index is -0.176. The van der Waals surface area contributed by atoms with Gasteiger partial charge in [-0.2, -0.15) is 5.10 Å². The van der Waals surface area contributed by atoms with E-state index in [0.717, 1.165) is 24.2 Å². The average molecular weight is 369 g/mol. The summed E-state index contributed by atoms with van der Waals surface area (Å²) in [6.45, 7) is 0.655. The predicted molar refractivity (Wildman–Crippen MR) is 95.8 cm³/mol. The van der Waals surface area contributed by atoms with Crippen LogP contribution in [0.4, 0.5) is 0 Å². The van der Waals surface area contributed by atoms with Crippen LogP contribution in [0.2, 0.25) is 5.02 Å². The average Bonchev–Trinajstić information content (AvgIpc) is 3.33. The smallest absolute Gasteiger partial charge is 0.275 e. The number of oxazole rings is 1. The van der Waals surface area contributed by atoms with Crippen LogP contribution in [-0.4, -0.2) is 32.5 Å². The molecule has 0 bridgehead atoms. The molecule has 1 amide bonds. The van der Waals surface area contributed by atoms with E-state index in [9.17, 15) is 4.79 Å². The largest absolute Gasteiger partial charge is 0.443 e. The number of carbonyl (C=O) groups excluding carboxylic acids is 1. The van der Waals surface area contributed by atoms with Crippen molar-refractivity contribution in [2.45, 2.75) is 25.3 Å². The number of halogens is 1. The third kappa shape index (κ3) is 3.32. The van der Waals surface area contributed by atoms with Crippen molar-refractivity contribution in [3.8, 4) is 0 Å². The van der Waals surface area contributed by atoms with E-state index in [-0.39, 0.29) is 11.9 Å². The lowest BCUT2D eigenvalue weighted by molar-refractivity contribution is 0.0707. The summed E-state index contributed by atoms with van der Waals surface area (Å²) in [4.78, 5) is 18.9. The van der Waals surface area contributed by atoms with Gasteiger partial charge < -0.3 is 9.32 Å². The van der Waals surface area contributed by atoms with Crippen LogP contribution in [0.1, 0.15) is 46.6 Å². The Morgan fingerprint density at radius 3 is 2.96 bits per heavy atom. The van der Waals surface area contributed by atoms with E-state index in [1.165, 1.54) is 0 Å². The van der Waals surface area contributed by atoms with E-state index < -0.39 is 0 Å². The number of benzene rings is 1. The van der Waals surface area contributed by atoms with Gasteiger partial charge in [-0.15, -0.1) is 5.10 Å². The second kappa shape index (κ2) is 7.25. The number of hydrogen-bond acceptors (Lipinski definition) is 5. The third-order valence-corrected chi connectivity index (χ3v) is 4.85. The summed E-state index contributed by atoms with van der Waals surface area (Å²) in [5.74, 6) is 1.14. The molecule has 0 aliphatic carbocycles. The zero-order chi connectivity index (χ0) is 17.9. The van der Waals surface area contributed by atoms with Gasteiger partial charge in [0.05, 0.1) is 6.20 Å². The van der Waals surface area contributed by atoms with E-state index in [2.05, 4.69) is 15.2 Å². The fraction of sp³-hybridized carbons (Fsp3) is 0.263. The predicted octanol–water partition coefficient (Wildman–Crippen LogP) is 3.69. The number of rotatable bonds is 4. The molecule has 3 heterocycles. The fourth-order valence-electron chi connectivity index (χ4n) is 3.22. The summed E-state index contributed by atoms with van der Waals surface area (Å²) in [7, 11) is 0. The van der Waals surface area contributed by atoms with Crippen LogP contribution in [-0.2, 0) is 6.42 Å². The van der Waals surface area contributed by atoms with Crippen molar-refractivity contribution in [2.75, 3.05) is 6.54 Å². The third-order valence-electron chi connectivity index (χ3n) is 4.48. The SMILES string of the molecule is O=C(c1cccnn1)N1CCC[C@H]1c1ncc(Cc2ccccc2Cl)o1. The van der Waals surface area contributed by atoms with Gasteiger partial charge in [0.2, 0.25) is 5.89 Å². The molecule has 0 saturated carbocycles. The van der Waals surface area contributed by atoms with Crippen molar-refractivity contribution >= 4 is 17.5 Å². The van der Waals surface area contributed by atoms with Crippen LogP contribution in [0.15, 0.2) is 53.2 Å². The second-order valence-corrected chi connectivity index (χ2v) is 6.61. The molecule has 4 rings (SSSR count). The molecule has 26 heavy (non-hydrogen) atoms. The highest BCUT2D eigenvalue weighted by Gasteiger charge is 2.34. The molecule has 0 spiro atoms. The topological polar surface area (TPSA) is 72.1 Å². The first-order chi connectivity index (χ1) is 12.7. The number of nitrogens with zero attached hydrogens (tertiary/aromatic N) is 4. The molecule has 1 atom stereocenters. The second-order valence-electron chi connectivity index (χ2n) is 6.20. The zero-order valence-corrected chi connectivity index (χ0v) is 14.8. The Hall–Kier alpha value is -2.73. The van der Waals surface area contributed by atoms with E-state index in [0.29, 0.717) is 29.6 Å². The zero-order valence-electron chi connectivity index (χ0n) is 14.0. The lowest BCUT2D eigenvalue weighted by atomic mass is 10.1. The van der Waals surface area contributed by atoms with Gasteiger partial charge in [-0.3, -0.25) is 4.79 Å². The molecule has 1 aromatic carbocycles. The number of likely N-dealkylation sites (tertiary alicyclic amines) is 1. The quantitative estimate of drug-likeness (QED) is 0.702. The van der Waals surface area contributed by atoms with Crippen LogP contribution < -0.4 is 0 Å². The summed E-state index contributed by atoms with van der Waals surface area (Å²) in [6, 6.07) is 10.9. The van der Waals surface area contributed by atoms with Gasteiger partial charge in [0, 0.05) is 24.2 Å². The number of carbonyl (C=O) groups is 1. The Morgan fingerprint density at radius 2 is 2.15 bits per heavy atom. The van der Waals surface area contributed by atoms with Crippen LogP contribution in [0.25, 0.3) is 0 Å². The highest BCUT2D eigenvalue weighted by atomic mass is 35.5. The van der Waals surface area contributed by atoms with E-state index >= 15 is 0 Å². The van der Waals surface area contributed by atoms with Crippen molar-refractivity contribution in [1.29, 1.82) is 0 Å². The van der Waals surface area contributed by atoms with Crippen molar-refractivity contribution in [2.24, 2.45) is 0 Å². The molecule has 1 saturated heterocycles. The summed E-state index contributed by atoms with van der Waals surface area (Å²) in [5, 5.41) is 8.40. The Kier molecular flexibility index (Phi) is 4.67. The summed E-state index contributed by atoms with van der Waals surface area (Å²) in [6.07, 6.45) is 5.55. The molecule has 3 aromatic rings. The van der Waals surface area contributed by atoms with Gasteiger partial charge in [-0.1, -0.05) is 29.8 Å². The van der Waals surface area contributed by atoms with Crippen LogP contribution >= 0.6 is 11.6 Å². The highest BCUT2D eigenvalue weighted by molar-refractivity contribution is 6.31. The maximum absolute atomic E-state index is 12.7. The van der Waals surface area contributed by atoms with E-state index in [1.54, 1.807) is 29.4 Å². The molecule has 0 radical (unpaired) electrons. The van der Waals surface area contributed by atoms with E-state index in [1.807, 2.05) is 24.3 Å². The summed E-state index contributed by atoms with van der Waals surface area (Å²) in [5.41, 5.74) is 1.32. The first kappa shape index (κ1) is 16.7. The van der Waals surface area contributed by atoms with Crippen LogP contribution in [0.5, 0.6) is 0 Å². The monoisotopic (exact) mass is 368 g/mol. The van der Waals surface area contributed by atoms with Gasteiger partial charge in [-0.25, -0.2) is 4.98 Å². The molecule has 6 nitrogen and oxygen atoms in total. The van der Waals surface area contributed by atoms with E-state index in [4.69, 9.17) is 16.0 Å². The fourth-order valence-corrected chi connectivity index (χ4v) is 3.42.